The maximum atomic E-state index is 12.8. The molecule has 2 N–H and O–H groups in total. The quantitative estimate of drug-likeness (QED) is 0.780. The average molecular weight is 420 g/mol. The maximum Gasteiger partial charge on any atom is 0.161 e. The minimum absolute atomic E-state index is 0.0902. The molecule has 30 heavy (non-hydrogen) atoms. The van der Waals surface area contributed by atoms with E-state index in [4.69, 9.17) is 22.1 Å². The van der Waals surface area contributed by atoms with Crippen LogP contribution in [-0.2, 0) is 11.4 Å². The van der Waals surface area contributed by atoms with Crippen molar-refractivity contribution in [3.05, 3.63) is 87.3 Å². The fourth-order valence-corrected chi connectivity index (χ4v) is 4.32. The number of hydrogen-bond acceptors (Lipinski definition) is 5. The van der Waals surface area contributed by atoms with Gasteiger partial charge in [-0.2, -0.15) is 5.26 Å². The van der Waals surface area contributed by atoms with Crippen LogP contribution in [0.3, 0.4) is 0 Å². The van der Waals surface area contributed by atoms with Crippen LogP contribution in [0.25, 0.3) is 0 Å². The third-order valence-corrected chi connectivity index (χ3v) is 6.10. The van der Waals surface area contributed by atoms with Gasteiger partial charge in [-0.15, -0.1) is 0 Å². The molecule has 2 aromatic rings. The molecule has 152 valence electrons. The molecule has 1 aliphatic carbocycles. The molecular formula is C24H22ClN3O2. The molecule has 5 nitrogen and oxygen atoms in total. The Bertz CT molecular complexity index is 1100. The van der Waals surface area contributed by atoms with E-state index in [0.29, 0.717) is 40.8 Å². The number of benzene rings is 2. The molecule has 0 aromatic heterocycles. The zero-order chi connectivity index (χ0) is 21.3. The van der Waals surface area contributed by atoms with Gasteiger partial charge in [0.05, 0.1) is 17.6 Å². The number of nitrogens with zero attached hydrogens (tertiary/aromatic N) is 2. The summed E-state index contributed by atoms with van der Waals surface area (Å²) in [6.45, 7) is 0.358. The van der Waals surface area contributed by atoms with Gasteiger partial charge in [0.1, 0.15) is 18.2 Å². The summed E-state index contributed by atoms with van der Waals surface area (Å²) >= 11 is 6.18. The molecule has 6 heteroatoms. The Morgan fingerprint density at radius 3 is 2.63 bits per heavy atom. The number of nitriles is 1. The van der Waals surface area contributed by atoms with Crippen LogP contribution in [0.15, 0.2) is 71.2 Å². The maximum absolute atomic E-state index is 12.8. The summed E-state index contributed by atoms with van der Waals surface area (Å²) in [5.41, 5.74) is 10.1. The van der Waals surface area contributed by atoms with E-state index in [0.717, 1.165) is 29.7 Å². The van der Waals surface area contributed by atoms with E-state index in [1.807, 2.05) is 55.6 Å². The highest BCUT2D eigenvalue weighted by Gasteiger charge is 2.38. The van der Waals surface area contributed by atoms with Crippen LogP contribution >= 0.6 is 11.6 Å². The van der Waals surface area contributed by atoms with Gasteiger partial charge in [-0.05, 0) is 36.6 Å². The van der Waals surface area contributed by atoms with Crippen molar-refractivity contribution >= 4 is 17.4 Å². The Balaban J connectivity index is 1.63. The lowest BCUT2D eigenvalue weighted by Crippen LogP contribution is -2.36. The van der Waals surface area contributed by atoms with Crippen LogP contribution in [0.5, 0.6) is 5.75 Å². The van der Waals surface area contributed by atoms with Crippen molar-refractivity contribution in [1.82, 2.24) is 4.90 Å². The van der Waals surface area contributed by atoms with Crippen molar-refractivity contribution in [1.29, 1.82) is 5.26 Å². The van der Waals surface area contributed by atoms with Crippen molar-refractivity contribution < 1.29 is 9.53 Å². The third kappa shape index (κ3) is 3.55. The lowest BCUT2D eigenvalue weighted by atomic mass is 9.76. The van der Waals surface area contributed by atoms with Crippen LogP contribution in [0, 0.1) is 11.3 Å². The standard InChI is InChI=1S/C24H22ClN3O2/c1-28-20-7-4-8-21(29)23(20)22(18(13-26)24(28)27)15-9-11-17(12-10-15)30-14-16-5-2-3-6-19(16)25/h2-3,5-6,9-12,22H,4,7-8,14,27H2,1H3/t22-/m0/s1. The molecule has 0 radical (unpaired) electrons. The summed E-state index contributed by atoms with van der Waals surface area (Å²) in [5, 5.41) is 10.5. The number of nitrogens with two attached hydrogens (primary N) is 1. The average Bonchev–Trinajstić information content (AvgIpc) is 2.76. The number of hydrogen-bond donors (Lipinski definition) is 1. The summed E-state index contributed by atoms with van der Waals surface area (Å²) in [6, 6.07) is 17.3. The Labute approximate surface area is 181 Å². The Hall–Kier alpha value is -3.23. The number of carbonyl (C=O) groups is 1. The number of rotatable bonds is 4. The Morgan fingerprint density at radius 2 is 1.93 bits per heavy atom. The SMILES string of the molecule is CN1C(N)=C(C#N)[C@H](c2ccc(OCc3ccccc3Cl)cc2)C2=C1CCCC2=O. The molecule has 1 aliphatic heterocycles. The highest BCUT2D eigenvalue weighted by atomic mass is 35.5. The predicted octanol–water partition coefficient (Wildman–Crippen LogP) is 4.65. The fourth-order valence-electron chi connectivity index (χ4n) is 4.13. The first kappa shape index (κ1) is 20.1. The molecule has 0 spiro atoms. The lowest BCUT2D eigenvalue weighted by molar-refractivity contribution is -0.116. The molecule has 4 rings (SSSR count). The number of allylic oxidation sites excluding steroid dienone is 3. The largest absolute Gasteiger partial charge is 0.489 e. The second-order valence-electron chi connectivity index (χ2n) is 7.49. The minimum atomic E-state index is -0.438. The van der Waals surface area contributed by atoms with Crippen molar-refractivity contribution in [3.63, 3.8) is 0 Å². The van der Waals surface area contributed by atoms with Crippen molar-refractivity contribution in [2.45, 2.75) is 31.8 Å². The van der Waals surface area contributed by atoms with E-state index in [1.54, 1.807) is 4.90 Å². The Morgan fingerprint density at radius 1 is 1.20 bits per heavy atom. The smallest absolute Gasteiger partial charge is 0.161 e. The molecule has 0 bridgehead atoms. The Kier molecular flexibility index (Phi) is 5.52. The van der Waals surface area contributed by atoms with Gasteiger partial charge in [0.2, 0.25) is 0 Å². The number of halogens is 1. The molecule has 2 aliphatic rings. The second-order valence-corrected chi connectivity index (χ2v) is 7.90. The molecular weight excluding hydrogens is 398 g/mol. The van der Waals surface area contributed by atoms with Crippen LogP contribution in [0.4, 0.5) is 0 Å². The second kappa shape index (κ2) is 8.25. The van der Waals surface area contributed by atoms with E-state index in [-0.39, 0.29) is 5.78 Å². The topological polar surface area (TPSA) is 79.3 Å². The van der Waals surface area contributed by atoms with Gasteiger partial charge in [-0.3, -0.25) is 4.79 Å². The van der Waals surface area contributed by atoms with Crippen molar-refractivity contribution in [3.8, 4) is 11.8 Å². The molecule has 2 aromatic carbocycles. The zero-order valence-corrected chi connectivity index (χ0v) is 17.4. The van der Waals surface area contributed by atoms with E-state index >= 15 is 0 Å². The van der Waals surface area contributed by atoms with Gasteiger partial charge < -0.3 is 15.4 Å². The fraction of sp³-hybridized carbons (Fsp3) is 0.250. The van der Waals surface area contributed by atoms with Crippen LogP contribution in [-0.4, -0.2) is 17.7 Å². The van der Waals surface area contributed by atoms with Gasteiger partial charge in [0, 0.05) is 35.3 Å². The van der Waals surface area contributed by atoms with E-state index in [1.165, 1.54) is 0 Å². The molecule has 1 heterocycles. The van der Waals surface area contributed by atoms with E-state index in [9.17, 15) is 10.1 Å². The number of carbonyl (C=O) groups excluding carboxylic acids is 1. The molecule has 0 saturated heterocycles. The third-order valence-electron chi connectivity index (χ3n) is 5.73. The van der Waals surface area contributed by atoms with Gasteiger partial charge in [0.25, 0.3) is 0 Å². The van der Waals surface area contributed by atoms with Crippen LogP contribution in [0.2, 0.25) is 5.02 Å². The number of ether oxygens (including phenoxy) is 1. The van der Waals surface area contributed by atoms with Crippen molar-refractivity contribution in [2.24, 2.45) is 5.73 Å². The summed E-state index contributed by atoms with van der Waals surface area (Å²) in [4.78, 5) is 14.6. The van der Waals surface area contributed by atoms with Gasteiger partial charge in [-0.1, -0.05) is 41.9 Å². The zero-order valence-electron chi connectivity index (χ0n) is 16.7. The van der Waals surface area contributed by atoms with Gasteiger partial charge in [0.15, 0.2) is 5.78 Å². The monoisotopic (exact) mass is 419 g/mol. The summed E-state index contributed by atoms with van der Waals surface area (Å²) < 4.78 is 5.86. The molecule has 0 unspecified atom stereocenters. The summed E-state index contributed by atoms with van der Waals surface area (Å²) in [7, 11) is 1.82. The van der Waals surface area contributed by atoms with Crippen LogP contribution < -0.4 is 10.5 Å². The van der Waals surface area contributed by atoms with E-state index < -0.39 is 5.92 Å². The first-order valence-electron chi connectivity index (χ1n) is 9.87. The first-order chi connectivity index (χ1) is 14.5. The van der Waals surface area contributed by atoms with Gasteiger partial charge >= 0.3 is 0 Å². The number of ketones is 1. The molecule has 0 saturated carbocycles. The summed E-state index contributed by atoms with van der Waals surface area (Å²) in [6.07, 6.45) is 2.09. The highest BCUT2D eigenvalue weighted by Crippen LogP contribution is 2.44. The molecule has 1 atom stereocenters. The van der Waals surface area contributed by atoms with Crippen molar-refractivity contribution in [2.75, 3.05) is 7.05 Å². The normalized spacial score (nSPS) is 18.9. The number of Topliss-reactive ketones (excluding diaryl/α,β-unsaturated/α-hetero) is 1. The first-order valence-corrected chi connectivity index (χ1v) is 10.2. The molecule has 0 amide bonds. The minimum Gasteiger partial charge on any atom is -0.489 e. The summed E-state index contributed by atoms with van der Waals surface area (Å²) in [5.74, 6) is 0.750. The van der Waals surface area contributed by atoms with Crippen LogP contribution in [0.1, 0.15) is 36.3 Å². The predicted molar refractivity (Wildman–Crippen MR) is 115 cm³/mol. The lowest BCUT2D eigenvalue weighted by Gasteiger charge is -2.37. The van der Waals surface area contributed by atoms with E-state index in [2.05, 4.69) is 6.07 Å². The van der Waals surface area contributed by atoms with Gasteiger partial charge in [-0.25, -0.2) is 0 Å². The highest BCUT2D eigenvalue weighted by molar-refractivity contribution is 6.31. The molecule has 0 fully saturated rings.